The first kappa shape index (κ1) is 13.6. The van der Waals surface area contributed by atoms with Crippen LogP contribution in [0.3, 0.4) is 0 Å². The fourth-order valence-corrected chi connectivity index (χ4v) is 3.15. The molecule has 0 radical (unpaired) electrons. The van der Waals surface area contributed by atoms with Gasteiger partial charge in [0.05, 0.1) is 23.5 Å². The molecule has 1 saturated heterocycles. The monoisotopic (exact) mass is 335 g/mol. The summed E-state index contributed by atoms with van der Waals surface area (Å²) >= 11 is 3.51. The zero-order chi connectivity index (χ0) is 13.9. The summed E-state index contributed by atoms with van der Waals surface area (Å²) in [7, 11) is 1.67. The van der Waals surface area contributed by atoms with Crippen LogP contribution in [-0.4, -0.2) is 29.7 Å². The maximum absolute atomic E-state index is 5.25. The summed E-state index contributed by atoms with van der Waals surface area (Å²) in [5.41, 5.74) is 2.15. The van der Waals surface area contributed by atoms with E-state index in [-0.39, 0.29) is 0 Å². The number of ether oxygens (including phenoxy) is 1. The zero-order valence-electron chi connectivity index (χ0n) is 11.4. The highest BCUT2D eigenvalue weighted by atomic mass is 79.9. The maximum Gasteiger partial charge on any atom is 0.133 e. The van der Waals surface area contributed by atoms with Crippen LogP contribution in [0.15, 0.2) is 28.9 Å². The summed E-state index contributed by atoms with van der Waals surface area (Å²) in [5, 5.41) is 3.49. The van der Waals surface area contributed by atoms with Crippen molar-refractivity contribution < 1.29 is 4.74 Å². The number of benzene rings is 1. The molecule has 2 heterocycles. The summed E-state index contributed by atoms with van der Waals surface area (Å²) in [6, 6.07) is 6.61. The zero-order valence-corrected chi connectivity index (χ0v) is 13.0. The lowest BCUT2D eigenvalue weighted by molar-refractivity contribution is 0.412. The number of hydrogen-bond acceptors (Lipinski definition) is 3. The van der Waals surface area contributed by atoms with Crippen LogP contribution >= 0.6 is 15.9 Å². The molecule has 5 heteroatoms. The number of rotatable bonds is 4. The quantitative estimate of drug-likeness (QED) is 0.902. The van der Waals surface area contributed by atoms with Gasteiger partial charge in [0.1, 0.15) is 11.6 Å². The average Bonchev–Trinajstić information content (AvgIpc) is 3.11. The predicted molar refractivity (Wildman–Crippen MR) is 83.0 cm³/mol. The predicted octanol–water partition coefficient (Wildman–Crippen LogP) is 3.14. The van der Waals surface area contributed by atoms with Crippen LogP contribution in [0.2, 0.25) is 0 Å². The molecule has 2 aromatic rings. The number of aromatic amines is 1. The Morgan fingerprint density at radius 3 is 3.05 bits per heavy atom. The SMILES string of the molecule is COc1ccc(-c2cnc(CC3CCCN3)[nH]2)cc1Br. The van der Waals surface area contributed by atoms with Gasteiger partial charge in [-0.2, -0.15) is 0 Å². The lowest BCUT2D eigenvalue weighted by Crippen LogP contribution is -2.24. The number of nitrogens with zero attached hydrogens (tertiary/aromatic N) is 1. The number of aromatic nitrogens is 2. The van der Waals surface area contributed by atoms with Crippen molar-refractivity contribution in [3.63, 3.8) is 0 Å². The summed E-state index contributed by atoms with van der Waals surface area (Å²) < 4.78 is 6.20. The van der Waals surface area contributed by atoms with E-state index >= 15 is 0 Å². The largest absolute Gasteiger partial charge is 0.496 e. The fraction of sp³-hybridized carbons (Fsp3) is 0.400. The van der Waals surface area contributed by atoms with E-state index in [1.54, 1.807) is 7.11 Å². The molecule has 4 nitrogen and oxygen atoms in total. The normalized spacial score (nSPS) is 18.4. The first-order chi connectivity index (χ1) is 9.76. The highest BCUT2D eigenvalue weighted by Gasteiger charge is 2.16. The van der Waals surface area contributed by atoms with Gasteiger partial charge in [-0.25, -0.2) is 4.98 Å². The molecule has 1 fully saturated rings. The molecule has 0 amide bonds. The Balaban J connectivity index is 1.77. The van der Waals surface area contributed by atoms with Gasteiger partial charge in [-0.05, 0) is 53.5 Å². The third kappa shape index (κ3) is 2.88. The van der Waals surface area contributed by atoms with Crippen molar-refractivity contribution in [2.75, 3.05) is 13.7 Å². The Labute approximate surface area is 127 Å². The second kappa shape index (κ2) is 5.97. The third-order valence-electron chi connectivity index (χ3n) is 3.69. The van der Waals surface area contributed by atoms with Gasteiger partial charge < -0.3 is 15.0 Å². The molecule has 2 N–H and O–H groups in total. The molecule has 1 aliphatic rings. The van der Waals surface area contributed by atoms with E-state index in [0.29, 0.717) is 6.04 Å². The summed E-state index contributed by atoms with van der Waals surface area (Å²) in [6.07, 6.45) is 5.38. The Morgan fingerprint density at radius 2 is 2.35 bits per heavy atom. The highest BCUT2D eigenvalue weighted by Crippen LogP contribution is 2.29. The van der Waals surface area contributed by atoms with Crippen LogP contribution in [0.25, 0.3) is 11.3 Å². The van der Waals surface area contributed by atoms with Crippen LogP contribution in [0.4, 0.5) is 0 Å². The van der Waals surface area contributed by atoms with Gasteiger partial charge >= 0.3 is 0 Å². The summed E-state index contributed by atoms with van der Waals surface area (Å²) in [6.45, 7) is 1.13. The van der Waals surface area contributed by atoms with Crippen LogP contribution in [0, 0.1) is 0 Å². The minimum absolute atomic E-state index is 0.566. The minimum atomic E-state index is 0.566. The number of nitrogens with one attached hydrogen (secondary N) is 2. The summed E-state index contributed by atoms with van der Waals surface area (Å²) in [4.78, 5) is 7.89. The molecule has 106 valence electrons. The molecule has 1 atom stereocenters. The number of halogens is 1. The molecule has 0 saturated carbocycles. The second-order valence-electron chi connectivity index (χ2n) is 5.09. The van der Waals surface area contributed by atoms with Crippen LogP contribution in [0.1, 0.15) is 18.7 Å². The van der Waals surface area contributed by atoms with Crippen molar-refractivity contribution in [2.24, 2.45) is 0 Å². The van der Waals surface area contributed by atoms with E-state index in [4.69, 9.17) is 4.74 Å². The molecular weight excluding hydrogens is 318 g/mol. The van der Waals surface area contributed by atoms with E-state index in [1.165, 1.54) is 12.8 Å². The fourth-order valence-electron chi connectivity index (χ4n) is 2.61. The number of hydrogen-bond donors (Lipinski definition) is 2. The Bertz CT molecular complexity index is 591. The van der Waals surface area contributed by atoms with Crippen LogP contribution in [-0.2, 0) is 6.42 Å². The van der Waals surface area contributed by atoms with Gasteiger partial charge in [0.2, 0.25) is 0 Å². The van der Waals surface area contributed by atoms with Crippen molar-refractivity contribution in [1.82, 2.24) is 15.3 Å². The first-order valence-electron chi connectivity index (χ1n) is 6.87. The highest BCUT2D eigenvalue weighted by molar-refractivity contribution is 9.10. The maximum atomic E-state index is 5.25. The topological polar surface area (TPSA) is 49.9 Å². The van der Waals surface area contributed by atoms with Gasteiger partial charge in [-0.3, -0.25) is 0 Å². The lowest BCUT2D eigenvalue weighted by atomic mass is 10.1. The third-order valence-corrected chi connectivity index (χ3v) is 4.31. The van der Waals surface area contributed by atoms with Crippen molar-refractivity contribution >= 4 is 15.9 Å². The van der Waals surface area contributed by atoms with Crippen molar-refractivity contribution in [2.45, 2.75) is 25.3 Å². The molecule has 3 rings (SSSR count). The standard InChI is InChI=1S/C15H18BrN3O/c1-20-14-5-4-10(7-12(14)16)13-9-18-15(19-13)8-11-3-2-6-17-11/h4-5,7,9,11,17H,2-3,6,8H2,1H3,(H,18,19). The summed E-state index contributed by atoms with van der Waals surface area (Å²) in [5.74, 6) is 1.88. The Kier molecular flexibility index (Phi) is 4.08. The molecular formula is C15H18BrN3O. The number of H-pyrrole nitrogens is 1. The number of imidazole rings is 1. The number of methoxy groups -OCH3 is 1. The van der Waals surface area contributed by atoms with Crippen molar-refractivity contribution in [3.8, 4) is 17.0 Å². The molecule has 0 aliphatic carbocycles. The molecule has 1 aliphatic heterocycles. The Morgan fingerprint density at radius 1 is 1.45 bits per heavy atom. The van der Waals surface area contributed by atoms with Crippen LogP contribution < -0.4 is 10.1 Å². The first-order valence-corrected chi connectivity index (χ1v) is 7.67. The van der Waals surface area contributed by atoms with Gasteiger partial charge in [0.15, 0.2) is 0 Å². The Hall–Kier alpha value is -1.33. The van der Waals surface area contributed by atoms with Gasteiger partial charge in [0, 0.05) is 18.0 Å². The van der Waals surface area contributed by atoms with E-state index < -0.39 is 0 Å². The van der Waals surface area contributed by atoms with Crippen LogP contribution in [0.5, 0.6) is 5.75 Å². The smallest absolute Gasteiger partial charge is 0.133 e. The average molecular weight is 336 g/mol. The molecule has 20 heavy (non-hydrogen) atoms. The molecule has 1 aromatic carbocycles. The van der Waals surface area contributed by atoms with E-state index in [9.17, 15) is 0 Å². The van der Waals surface area contributed by atoms with Gasteiger partial charge in [-0.15, -0.1) is 0 Å². The molecule has 1 unspecified atom stereocenters. The molecule has 0 spiro atoms. The van der Waals surface area contributed by atoms with Gasteiger partial charge in [0.25, 0.3) is 0 Å². The van der Waals surface area contributed by atoms with E-state index in [2.05, 4.69) is 31.2 Å². The van der Waals surface area contributed by atoms with E-state index in [1.807, 2.05) is 24.4 Å². The second-order valence-corrected chi connectivity index (χ2v) is 5.94. The molecule has 0 bridgehead atoms. The lowest BCUT2D eigenvalue weighted by Gasteiger charge is -2.07. The van der Waals surface area contributed by atoms with Crippen molar-refractivity contribution in [3.05, 3.63) is 34.7 Å². The minimum Gasteiger partial charge on any atom is -0.496 e. The van der Waals surface area contributed by atoms with Gasteiger partial charge in [-0.1, -0.05) is 0 Å². The molecule has 1 aromatic heterocycles. The van der Waals surface area contributed by atoms with Crippen molar-refractivity contribution in [1.29, 1.82) is 0 Å². The van der Waals surface area contributed by atoms with E-state index in [0.717, 1.165) is 40.3 Å².